The zero-order chi connectivity index (χ0) is 15.8. The Morgan fingerprint density at radius 1 is 1.00 bits per heavy atom. The van der Waals surface area contributed by atoms with Crippen molar-refractivity contribution >= 4 is 11.8 Å². The number of rotatable bonds is 1. The van der Waals surface area contributed by atoms with Crippen LogP contribution < -0.4 is 0 Å². The molecule has 1 saturated heterocycles. The fourth-order valence-corrected chi connectivity index (χ4v) is 4.68. The Morgan fingerprint density at radius 3 is 2.61 bits per heavy atom. The van der Waals surface area contributed by atoms with Crippen LogP contribution in [0.25, 0.3) is 0 Å². The Hall–Kier alpha value is -1.49. The van der Waals surface area contributed by atoms with E-state index in [1.807, 2.05) is 17.8 Å². The third-order valence-corrected chi connectivity index (χ3v) is 6.14. The molecule has 4 heteroatoms. The predicted octanol–water partition coefficient (Wildman–Crippen LogP) is 3.39. The van der Waals surface area contributed by atoms with Gasteiger partial charge >= 0.3 is 0 Å². The quantitative estimate of drug-likeness (QED) is 0.869. The third-order valence-electron chi connectivity index (χ3n) is 4.93. The highest BCUT2D eigenvalue weighted by molar-refractivity contribution is 7.99. The van der Waals surface area contributed by atoms with Gasteiger partial charge < -0.3 is 10.0 Å². The SMILES string of the molecule is CN1CCN(C2Cc3cc(O)ccc3Sc3ccccc32)CC1. The van der Waals surface area contributed by atoms with Gasteiger partial charge in [-0.05, 0) is 48.9 Å². The molecule has 1 N–H and O–H groups in total. The highest BCUT2D eigenvalue weighted by atomic mass is 32.2. The van der Waals surface area contributed by atoms with Crippen LogP contribution in [0.5, 0.6) is 5.75 Å². The molecule has 0 saturated carbocycles. The second kappa shape index (κ2) is 6.19. The molecule has 0 radical (unpaired) electrons. The lowest BCUT2D eigenvalue weighted by Crippen LogP contribution is -2.46. The number of benzene rings is 2. The van der Waals surface area contributed by atoms with E-state index in [-0.39, 0.29) is 0 Å². The number of fused-ring (bicyclic) bond motifs is 2. The fraction of sp³-hybridized carbons (Fsp3) is 0.368. The Labute approximate surface area is 141 Å². The summed E-state index contributed by atoms with van der Waals surface area (Å²) in [6.07, 6.45) is 0.970. The fourth-order valence-electron chi connectivity index (χ4n) is 3.57. The summed E-state index contributed by atoms with van der Waals surface area (Å²) < 4.78 is 0. The molecule has 3 nitrogen and oxygen atoms in total. The first-order chi connectivity index (χ1) is 11.2. The summed E-state index contributed by atoms with van der Waals surface area (Å²) in [7, 11) is 2.20. The number of phenols is 1. The minimum Gasteiger partial charge on any atom is -0.508 e. The molecule has 2 heterocycles. The topological polar surface area (TPSA) is 26.7 Å². The Morgan fingerprint density at radius 2 is 1.78 bits per heavy atom. The van der Waals surface area contributed by atoms with E-state index in [2.05, 4.69) is 47.2 Å². The lowest BCUT2D eigenvalue weighted by Gasteiger charge is -2.38. The molecule has 2 aromatic carbocycles. The molecule has 0 amide bonds. The Balaban J connectivity index is 1.74. The maximum absolute atomic E-state index is 9.90. The number of nitrogens with zero attached hydrogens (tertiary/aromatic N) is 2. The van der Waals surface area contributed by atoms with Gasteiger partial charge in [-0.3, -0.25) is 4.90 Å². The van der Waals surface area contributed by atoms with Crippen LogP contribution in [-0.2, 0) is 6.42 Å². The van der Waals surface area contributed by atoms with Gasteiger partial charge in [0.15, 0.2) is 0 Å². The molecule has 2 aliphatic heterocycles. The molecule has 23 heavy (non-hydrogen) atoms. The van der Waals surface area contributed by atoms with Crippen LogP contribution in [0, 0.1) is 0 Å². The summed E-state index contributed by atoms with van der Waals surface area (Å²) in [5.74, 6) is 0.368. The van der Waals surface area contributed by atoms with E-state index in [4.69, 9.17) is 0 Å². The molecular formula is C19H22N2OS. The summed E-state index contributed by atoms with van der Waals surface area (Å²) in [6.45, 7) is 4.46. The molecule has 1 fully saturated rings. The first-order valence-electron chi connectivity index (χ1n) is 8.22. The van der Waals surface area contributed by atoms with Crippen molar-refractivity contribution in [2.45, 2.75) is 22.3 Å². The van der Waals surface area contributed by atoms with Gasteiger partial charge in [-0.1, -0.05) is 30.0 Å². The monoisotopic (exact) mass is 326 g/mol. The number of hydrogen-bond donors (Lipinski definition) is 1. The summed E-state index contributed by atoms with van der Waals surface area (Å²) in [4.78, 5) is 7.62. The maximum atomic E-state index is 9.90. The van der Waals surface area contributed by atoms with Crippen molar-refractivity contribution in [3.8, 4) is 5.75 Å². The zero-order valence-corrected chi connectivity index (χ0v) is 14.2. The van der Waals surface area contributed by atoms with Gasteiger partial charge in [0.2, 0.25) is 0 Å². The lowest BCUT2D eigenvalue weighted by atomic mass is 9.96. The molecule has 1 unspecified atom stereocenters. The third kappa shape index (κ3) is 2.99. The summed E-state index contributed by atoms with van der Waals surface area (Å²) in [5.41, 5.74) is 2.69. The molecule has 0 spiro atoms. The van der Waals surface area contributed by atoms with Crippen molar-refractivity contribution < 1.29 is 5.11 Å². The summed E-state index contributed by atoms with van der Waals surface area (Å²) in [6, 6.07) is 15.0. The van der Waals surface area contributed by atoms with E-state index < -0.39 is 0 Å². The molecule has 4 rings (SSSR count). The first-order valence-corrected chi connectivity index (χ1v) is 9.03. The van der Waals surface area contributed by atoms with Gasteiger partial charge in [0.25, 0.3) is 0 Å². The van der Waals surface area contributed by atoms with Crippen molar-refractivity contribution in [3.05, 3.63) is 53.6 Å². The van der Waals surface area contributed by atoms with Gasteiger partial charge in [0, 0.05) is 42.0 Å². The molecule has 2 aliphatic rings. The van der Waals surface area contributed by atoms with Crippen molar-refractivity contribution in [2.24, 2.45) is 0 Å². The average Bonchev–Trinajstić information content (AvgIpc) is 2.72. The first kappa shape index (κ1) is 15.1. The van der Waals surface area contributed by atoms with Gasteiger partial charge in [0.1, 0.15) is 5.75 Å². The van der Waals surface area contributed by atoms with E-state index in [9.17, 15) is 5.11 Å². The van der Waals surface area contributed by atoms with Crippen LogP contribution in [0.15, 0.2) is 52.3 Å². The van der Waals surface area contributed by atoms with E-state index in [0.717, 1.165) is 32.6 Å². The number of likely N-dealkylation sites (N-methyl/N-ethyl adjacent to an activating group) is 1. The van der Waals surface area contributed by atoms with Gasteiger partial charge in [-0.25, -0.2) is 0 Å². The van der Waals surface area contributed by atoms with E-state index >= 15 is 0 Å². The van der Waals surface area contributed by atoms with Crippen LogP contribution in [0.4, 0.5) is 0 Å². The normalized spacial score (nSPS) is 22.2. The van der Waals surface area contributed by atoms with Gasteiger partial charge in [0.05, 0.1) is 0 Å². The number of hydrogen-bond acceptors (Lipinski definition) is 4. The molecular weight excluding hydrogens is 304 g/mol. The molecule has 1 atom stereocenters. The molecule has 120 valence electrons. The number of aromatic hydroxyl groups is 1. The summed E-state index contributed by atoms with van der Waals surface area (Å²) in [5, 5.41) is 9.90. The molecule has 0 bridgehead atoms. The van der Waals surface area contributed by atoms with Crippen molar-refractivity contribution in [3.63, 3.8) is 0 Å². The van der Waals surface area contributed by atoms with Crippen LogP contribution in [0.3, 0.4) is 0 Å². The van der Waals surface area contributed by atoms with Crippen LogP contribution >= 0.6 is 11.8 Å². The average molecular weight is 326 g/mol. The van der Waals surface area contributed by atoms with Gasteiger partial charge in [-0.15, -0.1) is 0 Å². The number of piperazine rings is 1. The lowest BCUT2D eigenvalue weighted by molar-refractivity contribution is 0.110. The smallest absolute Gasteiger partial charge is 0.115 e. The maximum Gasteiger partial charge on any atom is 0.115 e. The molecule has 0 aliphatic carbocycles. The van der Waals surface area contributed by atoms with E-state index in [0.29, 0.717) is 11.8 Å². The second-order valence-corrected chi connectivity index (χ2v) is 7.57. The minimum atomic E-state index is 0.368. The standard InChI is InChI=1S/C19H22N2OS/c1-20-8-10-21(11-9-20)17-13-14-12-15(22)6-7-18(14)23-19-5-3-2-4-16(17)19/h2-7,12,17,22H,8-11,13H2,1H3. The highest BCUT2D eigenvalue weighted by Crippen LogP contribution is 2.43. The highest BCUT2D eigenvalue weighted by Gasteiger charge is 2.29. The molecule has 2 aromatic rings. The molecule has 0 aromatic heterocycles. The second-order valence-electron chi connectivity index (χ2n) is 6.49. The zero-order valence-electron chi connectivity index (χ0n) is 13.4. The van der Waals surface area contributed by atoms with E-state index in [1.54, 1.807) is 6.07 Å². The van der Waals surface area contributed by atoms with Crippen LogP contribution in [0.1, 0.15) is 17.2 Å². The summed E-state index contributed by atoms with van der Waals surface area (Å²) >= 11 is 1.83. The largest absolute Gasteiger partial charge is 0.508 e. The van der Waals surface area contributed by atoms with Crippen molar-refractivity contribution in [2.75, 3.05) is 33.2 Å². The Kier molecular flexibility index (Phi) is 4.05. The van der Waals surface area contributed by atoms with Crippen LogP contribution in [-0.4, -0.2) is 48.1 Å². The minimum absolute atomic E-state index is 0.368. The van der Waals surface area contributed by atoms with E-state index in [1.165, 1.54) is 20.9 Å². The van der Waals surface area contributed by atoms with Crippen molar-refractivity contribution in [1.29, 1.82) is 0 Å². The van der Waals surface area contributed by atoms with Crippen molar-refractivity contribution in [1.82, 2.24) is 9.80 Å². The Bertz CT molecular complexity index is 710. The van der Waals surface area contributed by atoms with Gasteiger partial charge in [-0.2, -0.15) is 0 Å². The predicted molar refractivity (Wildman–Crippen MR) is 94.2 cm³/mol. The van der Waals surface area contributed by atoms with Crippen LogP contribution in [0.2, 0.25) is 0 Å². The number of phenolic OH excluding ortho intramolecular Hbond substituents is 1.